The lowest BCUT2D eigenvalue weighted by atomic mass is 10.1. The van der Waals surface area contributed by atoms with Crippen LogP contribution in [-0.2, 0) is 0 Å². The fraction of sp³-hybridized carbons (Fsp3) is 0.273. The molecule has 0 radical (unpaired) electrons. The summed E-state index contributed by atoms with van der Waals surface area (Å²) in [6.07, 6.45) is 1.72. The third-order valence-corrected chi connectivity index (χ3v) is 5.71. The van der Waals surface area contributed by atoms with E-state index in [1.807, 2.05) is 29.8 Å². The van der Waals surface area contributed by atoms with Crippen molar-refractivity contribution in [1.29, 1.82) is 0 Å². The molecular weight excluding hydrogens is 382 g/mol. The molecule has 4 rings (SSSR count). The molecule has 4 aromatic rings. The molecule has 0 atom stereocenters. The molecule has 0 saturated carbocycles. The molecule has 0 saturated heterocycles. The van der Waals surface area contributed by atoms with E-state index in [-0.39, 0.29) is 11.9 Å². The lowest BCUT2D eigenvalue weighted by molar-refractivity contribution is 0.102. The zero-order valence-electron chi connectivity index (χ0n) is 17.1. The van der Waals surface area contributed by atoms with Crippen LogP contribution in [0.2, 0.25) is 0 Å². The van der Waals surface area contributed by atoms with Crippen LogP contribution in [0.4, 0.5) is 5.82 Å². The molecule has 4 aromatic heterocycles. The Balaban J connectivity index is 1.87. The van der Waals surface area contributed by atoms with Crippen molar-refractivity contribution >= 4 is 34.1 Å². The second kappa shape index (κ2) is 7.40. The Labute approximate surface area is 173 Å². The highest BCUT2D eigenvalue weighted by Gasteiger charge is 2.20. The van der Waals surface area contributed by atoms with Gasteiger partial charge in [-0.05, 0) is 58.9 Å². The van der Waals surface area contributed by atoms with Crippen LogP contribution < -0.4 is 5.32 Å². The molecular formula is C22H23N5OS. The van der Waals surface area contributed by atoms with Gasteiger partial charge < -0.3 is 5.32 Å². The molecule has 6 nitrogen and oxygen atoms in total. The molecule has 0 aliphatic heterocycles. The van der Waals surface area contributed by atoms with Crippen LogP contribution in [0.3, 0.4) is 0 Å². The first-order chi connectivity index (χ1) is 13.8. The average Bonchev–Trinajstić information content (AvgIpc) is 3.23. The zero-order chi connectivity index (χ0) is 20.7. The van der Waals surface area contributed by atoms with Crippen molar-refractivity contribution in [2.75, 3.05) is 5.32 Å². The van der Waals surface area contributed by atoms with Crippen LogP contribution in [0.1, 0.15) is 45.7 Å². The molecule has 0 aromatic carbocycles. The van der Waals surface area contributed by atoms with Gasteiger partial charge in [0.1, 0.15) is 5.82 Å². The number of hydrogen-bond acceptors (Lipinski definition) is 5. The molecule has 29 heavy (non-hydrogen) atoms. The molecule has 0 fully saturated rings. The number of anilines is 1. The summed E-state index contributed by atoms with van der Waals surface area (Å²) >= 11 is 1.73. The van der Waals surface area contributed by atoms with Gasteiger partial charge in [-0.25, -0.2) is 14.6 Å². The van der Waals surface area contributed by atoms with E-state index in [2.05, 4.69) is 49.2 Å². The maximum absolute atomic E-state index is 13.2. The van der Waals surface area contributed by atoms with Crippen LogP contribution in [0.25, 0.3) is 22.3 Å². The van der Waals surface area contributed by atoms with Crippen LogP contribution >= 0.6 is 11.3 Å². The third-order valence-electron chi connectivity index (χ3n) is 4.75. The Bertz CT molecular complexity index is 1220. The average molecular weight is 406 g/mol. The molecule has 148 valence electrons. The predicted octanol–water partition coefficient (Wildman–Crippen LogP) is 5.31. The molecule has 1 N–H and O–H groups in total. The van der Waals surface area contributed by atoms with E-state index in [1.54, 1.807) is 23.6 Å². The summed E-state index contributed by atoms with van der Waals surface area (Å²) in [6.45, 7) is 10.2. The Kier molecular flexibility index (Phi) is 4.92. The highest BCUT2D eigenvalue weighted by molar-refractivity contribution is 7.12. The van der Waals surface area contributed by atoms with Crippen molar-refractivity contribution in [1.82, 2.24) is 19.7 Å². The van der Waals surface area contributed by atoms with Gasteiger partial charge in [0.15, 0.2) is 5.65 Å². The van der Waals surface area contributed by atoms with Crippen molar-refractivity contribution in [3.8, 4) is 11.3 Å². The molecule has 4 heterocycles. The summed E-state index contributed by atoms with van der Waals surface area (Å²) in [5, 5.41) is 8.13. The summed E-state index contributed by atoms with van der Waals surface area (Å²) in [7, 11) is 0. The fourth-order valence-electron chi connectivity index (χ4n) is 3.40. The van der Waals surface area contributed by atoms with Gasteiger partial charge in [-0.1, -0.05) is 6.07 Å². The molecule has 0 unspecified atom stereocenters. The lowest BCUT2D eigenvalue weighted by Crippen LogP contribution is -2.14. The van der Waals surface area contributed by atoms with Gasteiger partial charge in [0.05, 0.1) is 22.8 Å². The van der Waals surface area contributed by atoms with Gasteiger partial charge in [0.2, 0.25) is 0 Å². The fourth-order valence-corrected chi connectivity index (χ4v) is 4.34. The first-order valence-corrected chi connectivity index (χ1v) is 10.4. The molecule has 0 aliphatic carbocycles. The van der Waals surface area contributed by atoms with Gasteiger partial charge in [-0.15, -0.1) is 11.3 Å². The second-order valence-electron chi connectivity index (χ2n) is 7.42. The van der Waals surface area contributed by atoms with Crippen LogP contribution in [0.5, 0.6) is 0 Å². The highest BCUT2D eigenvalue weighted by atomic mass is 32.1. The van der Waals surface area contributed by atoms with Gasteiger partial charge in [0.25, 0.3) is 5.91 Å². The number of pyridine rings is 2. The van der Waals surface area contributed by atoms with E-state index in [0.29, 0.717) is 17.0 Å². The van der Waals surface area contributed by atoms with E-state index in [4.69, 9.17) is 4.98 Å². The molecule has 0 bridgehead atoms. The molecule has 0 aliphatic rings. The van der Waals surface area contributed by atoms with Crippen molar-refractivity contribution < 1.29 is 4.79 Å². The van der Waals surface area contributed by atoms with E-state index in [0.717, 1.165) is 22.3 Å². The summed E-state index contributed by atoms with van der Waals surface area (Å²) in [5.41, 5.74) is 3.93. The van der Waals surface area contributed by atoms with Crippen molar-refractivity contribution in [2.45, 2.75) is 40.7 Å². The first-order valence-electron chi connectivity index (χ1n) is 9.54. The number of hydrogen-bond donors (Lipinski definition) is 1. The number of aromatic nitrogens is 4. The first kappa shape index (κ1) is 19.3. The van der Waals surface area contributed by atoms with Crippen molar-refractivity contribution in [3.63, 3.8) is 0 Å². The van der Waals surface area contributed by atoms with E-state index < -0.39 is 0 Å². The van der Waals surface area contributed by atoms with Gasteiger partial charge in [-0.3, -0.25) is 4.79 Å². The number of aryl methyl sites for hydroxylation is 3. The summed E-state index contributed by atoms with van der Waals surface area (Å²) < 4.78 is 1.86. The number of fused-ring (bicyclic) bond motifs is 1. The smallest absolute Gasteiger partial charge is 0.257 e. The minimum Gasteiger partial charge on any atom is -0.307 e. The summed E-state index contributed by atoms with van der Waals surface area (Å²) in [6, 6.07) is 9.66. The minimum absolute atomic E-state index is 0.134. The number of amides is 1. The van der Waals surface area contributed by atoms with Gasteiger partial charge >= 0.3 is 0 Å². The summed E-state index contributed by atoms with van der Waals surface area (Å²) in [5.74, 6) is 0.310. The number of thiophene rings is 1. The lowest BCUT2D eigenvalue weighted by Gasteiger charge is -2.11. The van der Waals surface area contributed by atoms with Crippen LogP contribution in [0, 0.1) is 20.8 Å². The standard InChI is InChI=1S/C22H23N5OS/c1-12(2)27-21-18(11-23-27)17(22(28)26-20-8-6-7-13(3)24-20)10-19(25-21)16-9-14(4)29-15(16)5/h6-12H,1-5H3,(H,24,26,28). The molecule has 0 spiro atoms. The Morgan fingerprint density at radius 1 is 1.14 bits per heavy atom. The SMILES string of the molecule is Cc1cccc(NC(=O)c2cc(-c3cc(C)sc3C)nc3c2cnn3C(C)C)n1. The largest absolute Gasteiger partial charge is 0.307 e. The van der Waals surface area contributed by atoms with Crippen molar-refractivity contribution in [2.24, 2.45) is 0 Å². The third kappa shape index (κ3) is 3.65. The van der Waals surface area contributed by atoms with Crippen molar-refractivity contribution in [3.05, 3.63) is 57.5 Å². The number of nitrogens with zero attached hydrogens (tertiary/aromatic N) is 4. The van der Waals surface area contributed by atoms with E-state index in [9.17, 15) is 4.79 Å². The number of carbonyl (C=O) groups excluding carboxylic acids is 1. The maximum Gasteiger partial charge on any atom is 0.257 e. The van der Waals surface area contributed by atoms with Gasteiger partial charge in [0, 0.05) is 27.1 Å². The molecule has 7 heteroatoms. The number of nitrogens with one attached hydrogen (secondary N) is 1. The Hall–Kier alpha value is -3.06. The Morgan fingerprint density at radius 3 is 2.59 bits per heavy atom. The quantitative estimate of drug-likeness (QED) is 0.499. The van der Waals surface area contributed by atoms with E-state index in [1.165, 1.54) is 9.75 Å². The molecule has 1 amide bonds. The highest BCUT2D eigenvalue weighted by Crippen LogP contribution is 2.32. The summed E-state index contributed by atoms with van der Waals surface area (Å²) in [4.78, 5) is 24.8. The van der Waals surface area contributed by atoms with Gasteiger partial charge in [-0.2, -0.15) is 5.10 Å². The zero-order valence-corrected chi connectivity index (χ0v) is 18.0. The Morgan fingerprint density at radius 2 is 1.93 bits per heavy atom. The van der Waals surface area contributed by atoms with Crippen LogP contribution in [-0.4, -0.2) is 25.7 Å². The normalized spacial score (nSPS) is 11.4. The topological polar surface area (TPSA) is 72.7 Å². The minimum atomic E-state index is -0.218. The number of carbonyl (C=O) groups is 1. The van der Waals surface area contributed by atoms with E-state index >= 15 is 0 Å². The monoisotopic (exact) mass is 405 g/mol. The number of rotatable bonds is 4. The second-order valence-corrected chi connectivity index (χ2v) is 8.88. The maximum atomic E-state index is 13.2. The van der Waals surface area contributed by atoms with Crippen LogP contribution in [0.15, 0.2) is 36.5 Å². The predicted molar refractivity (Wildman–Crippen MR) is 118 cm³/mol.